The molecule has 4 nitrogen and oxygen atoms in total. The molecule has 0 aromatic rings. The van der Waals surface area contributed by atoms with E-state index in [2.05, 4.69) is 13.8 Å². The molecule has 6 heteroatoms. The predicted octanol–water partition coefficient (Wildman–Crippen LogP) is 1.88. The second-order valence-electron chi connectivity index (χ2n) is 4.20. The molecule has 2 unspecified atom stereocenters. The van der Waals surface area contributed by atoms with Crippen LogP contribution in [0.4, 0.5) is 0 Å². The third-order valence-electron chi connectivity index (χ3n) is 3.02. The summed E-state index contributed by atoms with van der Waals surface area (Å²) in [6.45, 7) is 7.63. The number of ether oxygens (including phenoxy) is 1. The first-order valence-electron chi connectivity index (χ1n) is 4.91. The van der Waals surface area contributed by atoms with Gasteiger partial charge in [-0.3, -0.25) is 4.57 Å². The standard InChI is InChI=1S/C9H19O4P.Re/c1-6-7(2)9(13-8(6)3)5-12-14(4,10)11;/h6-9H,5H2,1-4H3,(H,10,11);/t6-,7+,8?,9+;/m0./s1. The Morgan fingerprint density at radius 3 is 2.20 bits per heavy atom. The van der Waals surface area contributed by atoms with E-state index >= 15 is 0 Å². The zero-order chi connectivity index (χ0) is 10.9. The van der Waals surface area contributed by atoms with Crippen LogP contribution in [-0.2, 0) is 34.2 Å². The first kappa shape index (κ1) is 15.8. The topological polar surface area (TPSA) is 55.8 Å². The SMILES string of the molecule is CC1O[C@H](COP(C)(=O)O)[C@H](C)[C@@H]1C.[Re]. The van der Waals surface area contributed by atoms with E-state index in [-0.39, 0.29) is 39.2 Å². The van der Waals surface area contributed by atoms with Crippen LogP contribution in [0.5, 0.6) is 0 Å². The monoisotopic (exact) mass is 409 g/mol. The van der Waals surface area contributed by atoms with Crippen molar-refractivity contribution in [3.8, 4) is 0 Å². The van der Waals surface area contributed by atoms with Crippen molar-refractivity contribution in [2.45, 2.75) is 33.0 Å². The molecule has 1 N–H and O–H groups in total. The van der Waals surface area contributed by atoms with Crippen LogP contribution in [0.15, 0.2) is 0 Å². The molecule has 5 atom stereocenters. The van der Waals surface area contributed by atoms with Gasteiger partial charge in [0.05, 0.1) is 18.8 Å². The molecule has 0 aromatic carbocycles. The summed E-state index contributed by atoms with van der Waals surface area (Å²) in [5, 5.41) is 0. The molecule has 91 valence electrons. The molecule has 0 amide bonds. The molecule has 1 aliphatic heterocycles. The fourth-order valence-corrected chi connectivity index (χ4v) is 2.12. The summed E-state index contributed by atoms with van der Waals surface area (Å²) < 4.78 is 21.4. The van der Waals surface area contributed by atoms with Gasteiger partial charge in [-0.1, -0.05) is 13.8 Å². The van der Waals surface area contributed by atoms with Crippen LogP contribution in [0, 0.1) is 11.8 Å². The zero-order valence-electron chi connectivity index (χ0n) is 9.51. The molecule has 0 aromatic heterocycles. The van der Waals surface area contributed by atoms with E-state index in [1.165, 1.54) is 6.66 Å². The van der Waals surface area contributed by atoms with Crippen LogP contribution in [0.25, 0.3) is 0 Å². The molecule has 1 aliphatic rings. The second kappa shape index (κ2) is 5.91. The van der Waals surface area contributed by atoms with E-state index in [4.69, 9.17) is 14.2 Å². The van der Waals surface area contributed by atoms with Gasteiger partial charge in [0.1, 0.15) is 0 Å². The molecule has 1 saturated heterocycles. The fraction of sp³-hybridized carbons (Fsp3) is 1.00. The molecule has 1 fully saturated rings. The number of rotatable bonds is 3. The zero-order valence-corrected chi connectivity index (χ0v) is 13.1. The van der Waals surface area contributed by atoms with E-state index in [1.807, 2.05) is 6.92 Å². The van der Waals surface area contributed by atoms with E-state index < -0.39 is 7.60 Å². The van der Waals surface area contributed by atoms with Gasteiger partial charge in [0.2, 0.25) is 0 Å². The predicted molar refractivity (Wildman–Crippen MR) is 54.4 cm³/mol. The maximum atomic E-state index is 10.9. The molecule has 1 rings (SSSR count). The summed E-state index contributed by atoms with van der Waals surface area (Å²) >= 11 is 0. The van der Waals surface area contributed by atoms with E-state index in [0.29, 0.717) is 11.8 Å². The van der Waals surface area contributed by atoms with E-state index in [9.17, 15) is 4.57 Å². The van der Waals surface area contributed by atoms with E-state index in [0.717, 1.165) is 0 Å². The van der Waals surface area contributed by atoms with Crippen molar-refractivity contribution < 1.29 is 39.1 Å². The third-order valence-corrected chi connectivity index (χ3v) is 3.65. The average Bonchev–Trinajstić information content (AvgIpc) is 2.28. The minimum absolute atomic E-state index is 0. The molecule has 15 heavy (non-hydrogen) atoms. The van der Waals surface area contributed by atoms with Gasteiger partial charge in [-0.15, -0.1) is 0 Å². The van der Waals surface area contributed by atoms with Gasteiger partial charge in [0, 0.05) is 27.1 Å². The van der Waals surface area contributed by atoms with Gasteiger partial charge >= 0.3 is 7.60 Å². The van der Waals surface area contributed by atoms with Crippen molar-refractivity contribution in [1.82, 2.24) is 0 Å². The third kappa shape index (κ3) is 4.65. The number of hydrogen-bond acceptors (Lipinski definition) is 3. The molecular weight excluding hydrogens is 389 g/mol. The van der Waals surface area contributed by atoms with Crippen molar-refractivity contribution in [2.75, 3.05) is 13.3 Å². The summed E-state index contributed by atoms with van der Waals surface area (Å²) in [5.41, 5.74) is 0. The Morgan fingerprint density at radius 1 is 1.33 bits per heavy atom. The van der Waals surface area contributed by atoms with Crippen LogP contribution < -0.4 is 0 Å². The van der Waals surface area contributed by atoms with Crippen LogP contribution in [-0.4, -0.2) is 30.4 Å². The molecule has 0 aliphatic carbocycles. The number of hydrogen-bond donors (Lipinski definition) is 1. The van der Waals surface area contributed by atoms with Crippen molar-refractivity contribution >= 4 is 7.60 Å². The van der Waals surface area contributed by atoms with Gasteiger partial charge in [0.25, 0.3) is 0 Å². The average molecular weight is 408 g/mol. The largest absolute Gasteiger partial charge is 0.372 e. The van der Waals surface area contributed by atoms with Crippen LogP contribution in [0.3, 0.4) is 0 Å². The second-order valence-corrected chi connectivity index (χ2v) is 6.06. The Morgan fingerprint density at radius 2 is 1.87 bits per heavy atom. The molecular formula is C9H19O4PRe. The van der Waals surface area contributed by atoms with Crippen molar-refractivity contribution in [2.24, 2.45) is 11.8 Å². The Bertz CT molecular complexity index is 242. The molecule has 0 saturated carbocycles. The molecule has 1 radical (unpaired) electrons. The normalized spacial score (nSPS) is 39.5. The van der Waals surface area contributed by atoms with Gasteiger partial charge < -0.3 is 14.2 Å². The van der Waals surface area contributed by atoms with Gasteiger partial charge in [-0.2, -0.15) is 0 Å². The fourth-order valence-electron chi connectivity index (χ4n) is 1.69. The van der Waals surface area contributed by atoms with Crippen LogP contribution in [0.1, 0.15) is 20.8 Å². The summed E-state index contributed by atoms with van der Waals surface area (Å²) in [6.07, 6.45) is 0.147. The van der Waals surface area contributed by atoms with Crippen molar-refractivity contribution in [3.05, 3.63) is 0 Å². The first-order chi connectivity index (χ1) is 6.31. The molecule has 0 spiro atoms. The van der Waals surface area contributed by atoms with Crippen molar-refractivity contribution in [1.29, 1.82) is 0 Å². The van der Waals surface area contributed by atoms with Gasteiger partial charge in [-0.05, 0) is 18.8 Å². The molecule has 1 heterocycles. The first-order valence-corrected chi connectivity index (χ1v) is 6.94. The Kier molecular flexibility index (Phi) is 6.22. The van der Waals surface area contributed by atoms with Gasteiger partial charge in [-0.25, -0.2) is 0 Å². The summed E-state index contributed by atoms with van der Waals surface area (Å²) in [6, 6.07) is 0. The smallest absolute Gasteiger partial charge is 0.325 e. The maximum Gasteiger partial charge on any atom is 0.325 e. The summed E-state index contributed by atoms with van der Waals surface area (Å²) in [5.74, 6) is 0.843. The van der Waals surface area contributed by atoms with Gasteiger partial charge in [0.15, 0.2) is 0 Å². The minimum atomic E-state index is -3.36. The quantitative estimate of drug-likeness (QED) is 0.725. The summed E-state index contributed by atoms with van der Waals surface area (Å²) in [7, 11) is -3.36. The molecule has 0 bridgehead atoms. The van der Waals surface area contributed by atoms with Crippen LogP contribution in [0.2, 0.25) is 0 Å². The van der Waals surface area contributed by atoms with E-state index in [1.54, 1.807) is 0 Å². The summed E-state index contributed by atoms with van der Waals surface area (Å²) in [4.78, 5) is 8.97. The Balaban J connectivity index is 0.00000196. The van der Waals surface area contributed by atoms with Crippen LogP contribution >= 0.6 is 7.60 Å². The Labute approximate surface area is 105 Å². The maximum absolute atomic E-state index is 10.9. The van der Waals surface area contributed by atoms with Crippen molar-refractivity contribution in [3.63, 3.8) is 0 Å². The minimum Gasteiger partial charge on any atom is -0.372 e. The Hall–Kier alpha value is 0.772.